The van der Waals surface area contributed by atoms with Crippen LogP contribution in [0.1, 0.15) is 31.2 Å². The number of carbonyl (C=O) groups excluding carboxylic acids is 1. The van der Waals surface area contributed by atoms with Crippen molar-refractivity contribution in [3.8, 4) is 11.4 Å². The van der Waals surface area contributed by atoms with Crippen LogP contribution in [0, 0.1) is 0 Å². The molecule has 136 valence electrons. The number of hydrogen-bond acceptors (Lipinski definition) is 5. The number of aliphatic hydroxyl groups excluding tert-OH is 1. The normalized spacial score (nSPS) is 12.3. The summed E-state index contributed by atoms with van der Waals surface area (Å²) in [5.74, 6) is 1.02. The number of amides is 1. The van der Waals surface area contributed by atoms with Gasteiger partial charge in [-0.3, -0.25) is 14.6 Å². The second kappa shape index (κ2) is 7.49. The van der Waals surface area contributed by atoms with E-state index in [2.05, 4.69) is 25.6 Å². The van der Waals surface area contributed by atoms with E-state index in [0.29, 0.717) is 17.1 Å². The average molecular weight is 354 g/mol. The van der Waals surface area contributed by atoms with Crippen molar-refractivity contribution in [1.82, 2.24) is 25.0 Å². The predicted molar refractivity (Wildman–Crippen MR) is 97.5 cm³/mol. The molecule has 0 saturated heterocycles. The summed E-state index contributed by atoms with van der Waals surface area (Å²) in [4.78, 5) is 16.9. The molecule has 0 aliphatic heterocycles. The third-order valence-electron chi connectivity index (χ3n) is 3.97. The molecule has 8 nitrogen and oxygen atoms in total. The van der Waals surface area contributed by atoms with E-state index in [1.165, 1.54) is 0 Å². The topological polar surface area (TPSA) is 109 Å². The largest absolute Gasteiger partial charge is 0.383 e. The summed E-state index contributed by atoms with van der Waals surface area (Å²) < 4.78 is 1.63. The van der Waals surface area contributed by atoms with Gasteiger partial charge >= 0.3 is 0 Å². The van der Waals surface area contributed by atoms with Crippen LogP contribution < -0.4 is 5.32 Å². The highest BCUT2D eigenvalue weighted by atomic mass is 16.3. The molecule has 3 aromatic rings. The Kier molecular flexibility index (Phi) is 5.13. The molecule has 3 rings (SSSR count). The molecule has 0 spiro atoms. The Labute approximate surface area is 151 Å². The standard InChI is InChI=1S/C18H22N6O2/c1-11(2)16-21-17(23-22-16)13-6-4-5-7-14(13)20-18(26)15(25)8-12-9-19-24(3)10-12/h4-7,9-11,15,25H,8H2,1-3H3,(H,20,26)(H,21,22,23). The van der Waals surface area contributed by atoms with Crippen molar-refractivity contribution in [3.05, 3.63) is 48.0 Å². The number of benzene rings is 1. The van der Waals surface area contributed by atoms with Crippen molar-refractivity contribution >= 4 is 11.6 Å². The minimum atomic E-state index is -1.18. The Bertz CT molecular complexity index is 898. The molecule has 1 atom stereocenters. The Morgan fingerprint density at radius 2 is 2.12 bits per heavy atom. The lowest BCUT2D eigenvalue weighted by molar-refractivity contribution is -0.123. The molecule has 2 heterocycles. The SMILES string of the molecule is CC(C)c1nc(-c2ccccc2NC(=O)C(O)Cc2cnn(C)c2)n[nH]1. The summed E-state index contributed by atoms with van der Waals surface area (Å²) in [6.07, 6.45) is 2.42. The van der Waals surface area contributed by atoms with Gasteiger partial charge in [-0.2, -0.15) is 10.2 Å². The number of aliphatic hydroxyl groups is 1. The molecular formula is C18H22N6O2. The monoisotopic (exact) mass is 354 g/mol. The van der Waals surface area contributed by atoms with E-state index in [1.54, 1.807) is 30.2 Å². The van der Waals surface area contributed by atoms with Gasteiger partial charge in [0.1, 0.15) is 11.9 Å². The molecule has 2 aromatic heterocycles. The first kappa shape index (κ1) is 17.8. The van der Waals surface area contributed by atoms with Crippen LogP contribution in [0.5, 0.6) is 0 Å². The van der Waals surface area contributed by atoms with Gasteiger partial charge in [0.15, 0.2) is 5.82 Å². The highest BCUT2D eigenvalue weighted by Crippen LogP contribution is 2.26. The zero-order valence-corrected chi connectivity index (χ0v) is 15.0. The molecule has 0 saturated carbocycles. The number of para-hydroxylation sites is 1. The minimum Gasteiger partial charge on any atom is -0.383 e. The fourth-order valence-electron chi connectivity index (χ4n) is 2.55. The zero-order valence-electron chi connectivity index (χ0n) is 15.0. The summed E-state index contributed by atoms with van der Waals surface area (Å²) in [5, 5.41) is 24.1. The smallest absolute Gasteiger partial charge is 0.253 e. The number of hydrogen-bond donors (Lipinski definition) is 3. The van der Waals surface area contributed by atoms with Gasteiger partial charge < -0.3 is 10.4 Å². The number of anilines is 1. The van der Waals surface area contributed by atoms with Crippen molar-refractivity contribution < 1.29 is 9.90 Å². The number of carbonyl (C=O) groups is 1. The van der Waals surface area contributed by atoms with Crippen LogP contribution in [-0.4, -0.2) is 42.1 Å². The quantitative estimate of drug-likeness (QED) is 0.626. The number of nitrogens with zero attached hydrogens (tertiary/aromatic N) is 4. The van der Waals surface area contributed by atoms with Crippen molar-refractivity contribution in [3.63, 3.8) is 0 Å². The molecule has 3 N–H and O–H groups in total. The second-order valence-electron chi connectivity index (χ2n) is 6.48. The predicted octanol–water partition coefficient (Wildman–Crippen LogP) is 1.87. The van der Waals surface area contributed by atoms with Gasteiger partial charge in [0.25, 0.3) is 5.91 Å². The Morgan fingerprint density at radius 1 is 1.35 bits per heavy atom. The first-order valence-electron chi connectivity index (χ1n) is 8.42. The van der Waals surface area contributed by atoms with E-state index in [4.69, 9.17) is 0 Å². The van der Waals surface area contributed by atoms with E-state index < -0.39 is 12.0 Å². The fourth-order valence-corrected chi connectivity index (χ4v) is 2.55. The van der Waals surface area contributed by atoms with E-state index in [-0.39, 0.29) is 12.3 Å². The van der Waals surface area contributed by atoms with Crippen molar-refractivity contribution in [2.45, 2.75) is 32.3 Å². The zero-order chi connectivity index (χ0) is 18.7. The number of aromatic amines is 1. The highest BCUT2D eigenvalue weighted by Gasteiger charge is 2.19. The van der Waals surface area contributed by atoms with Crippen LogP contribution >= 0.6 is 0 Å². The lowest BCUT2D eigenvalue weighted by atomic mass is 10.1. The third-order valence-corrected chi connectivity index (χ3v) is 3.97. The maximum atomic E-state index is 12.4. The molecule has 0 aliphatic rings. The molecule has 1 aromatic carbocycles. The van der Waals surface area contributed by atoms with Crippen molar-refractivity contribution in [1.29, 1.82) is 0 Å². The van der Waals surface area contributed by atoms with Crippen molar-refractivity contribution in [2.24, 2.45) is 7.05 Å². The summed E-state index contributed by atoms with van der Waals surface area (Å²) in [7, 11) is 1.79. The van der Waals surface area contributed by atoms with Gasteiger partial charge in [-0.25, -0.2) is 4.98 Å². The van der Waals surface area contributed by atoms with E-state index in [9.17, 15) is 9.90 Å². The molecule has 26 heavy (non-hydrogen) atoms. The summed E-state index contributed by atoms with van der Waals surface area (Å²) in [6.45, 7) is 4.04. The Hall–Kier alpha value is -3.00. The Balaban J connectivity index is 1.76. The number of H-pyrrole nitrogens is 1. The van der Waals surface area contributed by atoms with Gasteiger partial charge in [0.05, 0.1) is 11.9 Å². The van der Waals surface area contributed by atoms with E-state index in [1.807, 2.05) is 32.0 Å². The first-order valence-corrected chi connectivity index (χ1v) is 8.42. The highest BCUT2D eigenvalue weighted by molar-refractivity contribution is 5.97. The maximum absolute atomic E-state index is 12.4. The van der Waals surface area contributed by atoms with Crippen LogP contribution in [0.2, 0.25) is 0 Å². The van der Waals surface area contributed by atoms with Crippen LogP contribution in [0.4, 0.5) is 5.69 Å². The molecule has 0 fully saturated rings. The molecule has 8 heteroatoms. The summed E-state index contributed by atoms with van der Waals surface area (Å²) in [6, 6.07) is 7.25. The van der Waals surface area contributed by atoms with Crippen LogP contribution in [-0.2, 0) is 18.3 Å². The summed E-state index contributed by atoms with van der Waals surface area (Å²) >= 11 is 0. The Morgan fingerprint density at radius 3 is 2.77 bits per heavy atom. The fraction of sp³-hybridized carbons (Fsp3) is 0.333. The van der Waals surface area contributed by atoms with Crippen LogP contribution in [0.15, 0.2) is 36.7 Å². The number of aryl methyl sites for hydroxylation is 1. The number of rotatable bonds is 6. The first-order chi connectivity index (χ1) is 12.4. The van der Waals surface area contributed by atoms with Crippen LogP contribution in [0.3, 0.4) is 0 Å². The third kappa shape index (κ3) is 3.97. The molecular weight excluding hydrogens is 332 g/mol. The average Bonchev–Trinajstić information content (AvgIpc) is 3.24. The lowest BCUT2D eigenvalue weighted by Gasteiger charge is -2.12. The van der Waals surface area contributed by atoms with Gasteiger partial charge in [0, 0.05) is 31.1 Å². The molecule has 1 unspecified atom stereocenters. The molecule has 1 amide bonds. The van der Waals surface area contributed by atoms with Gasteiger partial charge in [-0.05, 0) is 17.7 Å². The summed E-state index contributed by atoms with van der Waals surface area (Å²) in [5.41, 5.74) is 2.04. The van der Waals surface area contributed by atoms with Crippen molar-refractivity contribution in [2.75, 3.05) is 5.32 Å². The molecule has 0 bridgehead atoms. The minimum absolute atomic E-state index is 0.194. The molecule has 0 aliphatic carbocycles. The van der Waals surface area contributed by atoms with E-state index >= 15 is 0 Å². The number of aromatic nitrogens is 5. The van der Waals surface area contributed by atoms with Crippen LogP contribution in [0.25, 0.3) is 11.4 Å². The second-order valence-corrected chi connectivity index (χ2v) is 6.48. The lowest BCUT2D eigenvalue weighted by Crippen LogP contribution is -2.29. The van der Waals surface area contributed by atoms with Gasteiger partial charge in [-0.1, -0.05) is 26.0 Å². The van der Waals surface area contributed by atoms with E-state index in [0.717, 1.165) is 11.4 Å². The maximum Gasteiger partial charge on any atom is 0.253 e. The van der Waals surface area contributed by atoms with Gasteiger partial charge in [0.2, 0.25) is 0 Å². The molecule has 0 radical (unpaired) electrons. The van der Waals surface area contributed by atoms with Gasteiger partial charge in [-0.15, -0.1) is 0 Å². The number of nitrogens with one attached hydrogen (secondary N) is 2.